The van der Waals surface area contributed by atoms with Gasteiger partial charge < -0.3 is 10.2 Å². The van der Waals surface area contributed by atoms with Crippen LogP contribution in [0, 0.1) is 0 Å². The molecule has 2 aliphatic heterocycles. The van der Waals surface area contributed by atoms with Crippen LogP contribution in [0.5, 0.6) is 0 Å². The van der Waals surface area contributed by atoms with Gasteiger partial charge in [0.05, 0.1) is 0 Å². The van der Waals surface area contributed by atoms with Gasteiger partial charge in [0.2, 0.25) is 5.91 Å². The summed E-state index contributed by atoms with van der Waals surface area (Å²) in [6, 6.07) is 9.92. The van der Waals surface area contributed by atoms with E-state index in [0.717, 1.165) is 32.5 Å². The summed E-state index contributed by atoms with van der Waals surface area (Å²) in [4.78, 5) is 16.0. The molecule has 1 N–H and O–H groups in total. The van der Waals surface area contributed by atoms with Crippen molar-refractivity contribution in [1.29, 1.82) is 0 Å². The first-order valence-corrected chi connectivity index (χ1v) is 9.39. The van der Waals surface area contributed by atoms with Gasteiger partial charge in [0, 0.05) is 32.6 Å². The Morgan fingerprint density at radius 2 is 1.67 bits per heavy atom. The summed E-state index contributed by atoms with van der Waals surface area (Å²) in [5.41, 5.74) is 2.86. The topological polar surface area (TPSA) is 35.6 Å². The highest BCUT2D eigenvalue weighted by atomic mass is 16.2. The molecule has 0 atom stereocenters. The van der Waals surface area contributed by atoms with Crippen LogP contribution in [-0.4, -0.2) is 55.0 Å². The van der Waals surface area contributed by atoms with Crippen LogP contribution >= 0.6 is 0 Å². The lowest BCUT2D eigenvalue weighted by atomic mass is 9.89. The number of piperidine rings is 2. The van der Waals surface area contributed by atoms with Crippen molar-refractivity contribution in [3.63, 3.8) is 0 Å². The summed E-state index contributed by atoms with van der Waals surface area (Å²) in [6.07, 6.45) is 4.69. The first-order valence-electron chi connectivity index (χ1n) is 9.39. The predicted octanol–water partition coefficient (Wildman–Crippen LogP) is 2.60. The van der Waals surface area contributed by atoms with Crippen LogP contribution in [0.25, 0.3) is 0 Å². The Hall–Kier alpha value is -1.39. The summed E-state index contributed by atoms with van der Waals surface area (Å²) in [5.74, 6) is 0.826. The van der Waals surface area contributed by atoms with E-state index in [1.165, 1.54) is 37.1 Å². The zero-order chi connectivity index (χ0) is 16.9. The molecule has 2 saturated heterocycles. The third-order valence-corrected chi connectivity index (χ3v) is 5.79. The van der Waals surface area contributed by atoms with Crippen molar-refractivity contribution in [1.82, 2.24) is 15.1 Å². The highest BCUT2D eigenvalue weighted by molar-refractivity contribution is 5.73. The minimum absolute atomic E-state index is 0.214. The van der Waals surface area contributed by atoms with Gasteiger partial charge in [0.25, 0.3) is 0 Å². The molecule has 0 unspecified atom stereocenters. The van der Waals surface area contributed by atoms with Crippen LogP contribution in [0.3, 0.4) is 0 Å². The molecule has 24 heavy (non-hydrogen) atoms. The van der Waals surface area contributed by atoms with E-state index in [4.69, 9.17) is 0 Å². The number of amides is 1. The maximum atomic E-state index is 11.4. The molecule has 3 rings (SSSR count). The van der Waals surface area contributed by atoms with Crippen molar-refractivity contribution < 1.29 is 4.79 Å². The summed E-state index contributed by atoms with van der Waals surface area (Å²) in [7, 11) is 2.07. The Balaban J connectivity index is 1.50. The van der Waals surface area contributed by atoms with Gasteiger partial charge in [0.1, 0.15) is 0 Å². The average Bonchev–Trinajstić information content (AvgIpc) is 2.63. The Morgan fingerprint density at radius 3 is 2.21 bits per heavy atom. The monoisotopic (exact) mass is 329 g/mol. The zero-order valence-electron chi connectivity index (χ0n) is 15.1. The fourth-order valence-corrected chi connectivity index (χ4v) is 4.06. The molecule has 1 aromatic rings. The van der Waals surface area contributed by atoms with Crippen molar-refractivity contribution >= 4 is 5.91 Å². The minimum atomic E-state index is 0.214. The lowest BCUT2D eigenvalue weighted by Crippen LogP contribution is -2.40. The number of rotatable bonds is 4. The highest BCUT2D eigenvalue weighted by Crippen LogP contribution is 2.28. The van der Waals surface area contributed by atoms with E-state index in [1.54, 1.807) is 6.92 Å². The van der Waals surface area contributed by atoms with E-state index in [2.05, 4.69) is 41.5 Å². The van der Waals surface area contributed by atoms with Crippen molar-refractivity contribution in [2.75, 3.05) is 33.2 Å². The highest BCUT2D eigenvalue weighted by Gasteiger charge is 2.22. The molecule has 4 nitrogen and oxygen atoms in total. The Labute approximate surface area is 146 Å². The molecule has 2 aliphatic rings. The lowest BCUT2D eigenvalue weighted by molar-refractivity contribution is -0.129. The maximum absolute atomic E-state index is 11.4. The van der Waals surface area contributed by atoms with Crippen LogP contribution in [0.1, 0.15) is 49.7 Å². The molecule has 1 amide bonds. The molecule has 0 aromatic heterocycles. The quantitative estimate of drug-likeness (QED) is 0.922. The maximum Gasteiger partial charge on any atom is 0.219 e. The number of carbonyl (C=O) groups is 1. The number of likely N-dealkylation sites (tertiary alicyclic amines) is 2. The molecular formula is C20H31N3O. The van der Waals surface area contributed by atoms with E-state index in [1.807, 2.05) is 4.90 Å². The number of hydrogen-bond donors (Lipinski definition) is 1. The predicted molar refractivity (Wildman–Crippen MR) is 98.0 cm³/mol. The SMILES string of the molecule is CNC1CCN(Cc2ccc(C3CCN(C(C)=O)CC3)cc2)CC1. The lowest BCUT2D eigenvalue weighted by Gasteiger charge is -2.32. The second kappa shape index (κ2) is 8.13. The van der Waals surface area contributed by atoms with Gasteiger partial charge in [-0.1, -0.05) is 24.3 Å². The smallest absolute Gasteiger partial charge is 0.219 e. The number of nitrogens with zero attached hydrogens (tertiary/aromatic N) is 2. The van der Waals surface area contributed by atoms with Gasteiger partial charge >= 0.3 is 0 Å². The van der Waals surface area contributed by atoms with Gasteiger partial charge in [-0.3, -0.25) is 9.69 Å². The summed E-state index contributed by atoms with van der Waals surface area (Å²) in [5, 5.41) is 3.39. The van der Waals surface area contributed by atoms with Gasteiger partial charge in [-0.25, -0.2) is 0 Å². The summed E-state index contributed by atoms with van der Waals surface area (Å²) < 4.78 is 0. The zero-order valence-corrected chi connectivity index (χ0v) is 15.1. The molecule has 1 aromatic carbocycles. The van der Waals surface area contributed by atoms with Gasteiger partial charge in [0.15, 0.2) is 0 Å². The Kier molecular flexibility index (Phi) is 5.90. The van der Waals surface area contributed by atoms with E-state index < -0.39 is 0 Å². The minimum Gasteiger partial charge on any atom is -0.343 e. The van der Waals surface area contributed by atoms with Crippen molar-refractivity contribution in [2.24, 2.45) is 0 Å². The Morgan fingerprint density at radius 1 is 1.04 bits per heavy atom. The van der Waals surface area contributed by atoms with Gasteiger partial charge in [-0.05, 0) is 62.9 Å². The molecule has 2 heterocycles. The molecule has 4 heteroatoms. The molecule has 0 bridgehead atoms. The van der Waals surface area contributed by atoms with Crippen molar-refractivity contribution in [2.45, 2.75) is 51.1 Å². The van der Waals surface area contributed by atoms with Crippen molar-refractivity contribution in [3.05, 3.63) is 35.4 Å². The van der Waals surface area contributed by atoms with E-state index in [9.17, 15) is 4.79 Å². The summed E-state index contributed by atoms with van der Waals surface area (Å²) >= 11 is 0. The second-order valence-electron chi connectivity index (χ2n) is 7.36. The molecule has 0 radical (unpaired) electrons. The standard InChI is InChI=1S/C20H31N3O/c1-16(24)23-13-7-19(8-14-23)18-5-3-17(4-6-18)15-22-11-9-20(21-2)10-12-22/h3-6,19-21H,7-15H2,1-2H3. The molecule has 0 spiro atoms. The molecular weight excluding hydrogens is 298 g/mol. The van der Waals surface area contributed by atoms with Crippen LogP contribution in [0.2, 0.25) is 0 Å². The second-order valence-corrected chi connectivity index (χ2v) is 7.36. The first-order chi connectivity index (χ1) is 11.7. The average molecular weight is 329 g/mol. The van der Waals surface area contributed by atoms with E-state index in [-0.39, 0.29) is 5.91 Å². The number of hydrogen-bond acceptors (Lipinski definition) is 3. The van der Waals surface area contributed by atoms with Gasteiger partial charge in [-0.2, -0.15) is 0 Å². The number of benzene rings is 1. The van der Waals surface area contributed by atoms with E-state index in [0.29, 0.717) is 12.0 Å². The van der Waals surface area contributed by atoms with Crippen LogP contribution in [0.4, 0.5) is 0 Å². The molecule has 132 valence electrons. The summed E-state index contributed by atoms with van der Waals surface area (Å²) in [6.45, 7) is 6.94. The van der Waals surface area contributed by atoms with Crippen LogP contribution in [-0.2, 0) is 11.3 Å². The molecule has 0 aliphatic carbocycles. The molecule has 0 saturated carbocycles. The third kappa shape index (κ3) is 4.37. The number of nitrogens with one attached hydrogen (secondary N) is 1. The normalized spacial score (nSPS) is 21.2. The first kappa shape index (κ1) is 17.4. The third-order valence-electron chi connectivity index (χ3n) is 5.79. The Bertz CT molecular complexity index is 526. The van der Waals surface area contributed by atoms with Crippen LogP contribution in [0.15, 0.2) is 24.3 Å². The molecule has 2 fully saturated rings. The fraction of sp³-hybridized carbons (Fsp3) is 0.650. The van der Waals surface area contributed by atoms with E-state index >= 15 is 0 Å². The van der Waals surface area contributed by atoms with Gasteiger partial charge in [-0.15, -0.1) is 0 Å². The fourth-order valence-electron chi connectivity index (χ4n) is 4.06. The number of carbonyl (C=O) groups excluding carboxylic acids is 1. The van der Waals surface area contributed by atoms with Crippen LogP contribution < -0.4 is 5.32 Å². The van der Waals surface area contributed by atoms with Crippen molar-refractivity contribution in [3.8, 4) is 0 Å². The largest absolute Gasteiger partial charge is 0.343 e.